The largest absolute Gasteiger partial charge is 0.376 e. The van der Waals surface area contributed by atoms with E-state index in [2.05, 4.69) is 12.2 Å². The average molecular weight is 349 g/mol. The van der Waals surface area contributed by atoms with E-state index in [0.717, 1.165) is 32.0 Å². The van der Waals surface area contributed by atoms with Gasteiger partial charge in [0.25, 0.3) is 11.6 Å². The van der Waals surface area contributed by atoms with Gasteiger partial charge in [0.05, 0.1) is 4.92 Å². The van der Waals surface area contributed by atoms with Crippen LogP contribution in [0, 0.1) is 27.4 Å². The molecule has 0 bridgehead atoms. The number of halogens is 1. The highest BCUT2D eigenvalue weighted by atomic mass is 35.5. The van der Waals surface area contributed by atoms with Crippen molar-refractivity contribution in [3.63, 3.8) is 0 Å². The molecule has 126 valence electrons. The van der Waals surface area contributed by atoms with Crippen molar-refractivity contribution in [3.05, 3.63) is 45.1 Å². The summed E-state index contributed by atoms with van der Waals surface area (Å²) in [4.78, 5) is 24.4. The Morgan fingerprint density at radius 3 is 2.96 bits per heavy atom. The summed E-state index contributed by atoms with van der Waals surface area (Å²) < 4.78 is 0. The number of rotatable bonds is 4. The van der Waals surface area contributed by atoms with E-state index >= 15 is 0 Å². The Morgan fingerprint density at radius 1 is 1.58 bits per heavy atom. The number of benzene rings is 1. The Kier molecular flexibility index (Phi) is 5.77. The molecule has 1 amide bonds. The van der Waals surface area contributed by atoms with E-state index in [4.69, 9.17) is 11.6 Å². The number of nitrogens with one attached hydrogen (secondary N) is 1. The molecule has 1 aromatic rings. The number of piperidine rings is 1. The number of amides is 1. The van der Waals surface area contributed by atoms with Gasteiger partial charge < -0.3 is 10.2 Å². The quantitative estimate of drug-likeness (QED) is 0.389. The lowest BCUT2D eigenvalue weighted by Gasteiger charge is -2.29. The Hall–Kier alpha value is -2.59. The number of nitriles is 1. The minimum absolute atomic E-state index is 0.0173. The third-order valence-electron chi connectivity index (χ3n) is 3.77. The summed E-state index contributed by atoms with van der Waals surface area (Å²) in [6, 6.07) is 5.83. The van der Waals surface area contributed by atoms with Gasteiger partial charge in [0.2, 0.25) is 0 Å². The molecule has 1 saturated heterocycles. The Morgan fingerprint density at radius 2 is 2.33 bits per heavy atom. The van der Waals surface area contributed by atoms with E-state index in [1.54, 1.807) is 6.20 Å². The van der Waals surface area contributed by atoms with Gasteiger partial charge in [-0.05, 0) is 30.9 Å². The SMILES string of the molecule is CC1CCCN(/C=C(/C#N)C(=O)Nc2ccc(Cl)c([N+](=O)[O-])c2)C1. The molecule has 8 heteroatoms. The van der Waals surface area contributed by atoms with Crippen molar-refractivity contribution in [1.82, 2.24) is 4.90 Å². The number of nitrogens with zero attached hydrogens (tertiary/aromatic N) is 3. The van der Waals surface area contributed by atoms with Gasteiger partial charge in [-0.1, -0.05) is 18.5 Å². The molecular weight excluding hydrogens is 332 g/mol. The Bertz CT molecular complexity index is 727. The van der Waals surface area contributed by atoms with E-state index in [-0.39, 0.29) is 22.0 Å². The van der Waals surface area contributed by atoms with Crippen LogP contribution in [0.4, 0.5) is 11.4 Å². The van der Waals surface area contributed by atoms with Gasteiger partial charge in [0.1, 0.15) is 16.7 Å². The van der Waals surface area contributed by atoms with Gasteiger partial charge >= 0.3 is 0 Å². The van der Waals surface area contributed by atoms with Crippen molar-refractivity contribution in [2.75, 3.05) is 18.4 Å². The molecule has 1 N–H and O–H groups in total. The zero-order chi connectivity index (χ0) is 17.7. The predicted octanol–water partition coefficient (Wildman–Crippen LogP) is 3.33. The van der Waals surface area contributed by atoms with Crippen LogP contribution in [0.3, 0.4) is 0 Å². The molecule has 0 radical (unpaired) electrons. The molecule has 1 aliphatic heterocycles. The maximum Gasteiger partial charge on any atom is 0.289 e. The number of nitro groups is 1. The minimum atomic E-state index is -0.631. The van der Waals surface area contributed by atoms with Gasteiger partial charge in [0.15, 0.2) is 0 Å². The first-order chi connectivity index (χ1) is 11.4. The molecule has 0 saturated carbocycles. The first-order valence-electron chi connectivity index (χ1n) is 7.52. The zero-order valence-electron chi connectivity index (χ0n) is 13.2. The van der Waals surface area contributed by atoms with E-state index in [0.29, 0.717) is 5.92 Å². The van der Waals surface area contributed by atoms with Crippen LogP contribution in [0.25, 0.3) is 0 Å². The fourth-order valence-electron chi connectivity index (χ4n) is 2.59. The normalized spacial score (nSPS) is 18.0. The third kappa shape index (κ3) is 4.46. The number of anilines is 1. The maximum atomic E-state index is 12.2. The summed E-state index contributed by atoms with van der Waals surface area (Å²) >= 11 is 5.74. The van der Waals surface area contributed by atoms with E-state index in [9.17, 15) is 20.2 Å². The molecule has 7 nitrogen and oxygen atoms in total. The van der Waals surface area contributed by atoms with Crippen LogP contribution in [0.5, 0.6) is 0 Å². The molecule has 24 heavy (non-hydrogen) atoms. The van der Waals surface area contributed by atoms with E-state index in [1.165, 1.54) is 12.1 Å². The standard InChI is InChI=1S/C16H17ClN4O3/c1-11-3-2-6-20(9-11)10-12(8-18)16(22)19-13-4-5-14(17)15(7-13)21(23)24/h4-5,7,10-11H,2-3,6,9H2,1H3,(H,19,22)/b12-10-. The van der Waals surface area contributed by atoms with Gasteiger partial charge in [-0.15, -0.1) is 0 Å². The average Bonchev–Trinajstić information content (AvgIpc) is 2.54. The van der Waals surface area contributed by atoms with Crippen LogP contribution in [0.15, 0.2) is 30.0 Å². The van der Waals surface area contributed by atoms with Crippen molar-refractivity contribution in [1.29, 1.82) is 5.26 Å². The first kappa shape index (κ1) is 17.8. The van der Waals surface area contributed by atoms with Crippen LogP contribution in [-0.4, -0.2) is 28.8 Å². The third-order valence-corrected chi connectivity index (χ3v) is 4.09. The fraction of sp³-hybridized carbons (Fsp3) is 0.375. The number of hydrogen-bond acceptors (Lipinski definition) is 5. The minimum Gasteiger partial charge on any atom is -0.376 e. The van der Waals surface area contributed by atoms with Crippen LogP contribution < -0.4 is 5.32 Å². The van der Waals surface area contributed by atoms with Gasteiger partial charge in [-0.3, -0.25) is 14.9 Å². The number of hydrogen-bond donors (Lipinski definition) is 1. The van der Waals surface area contributed by atoms with Crippen molar-refractivity contribution in [3.8, 4) is 6.07 Å². The molecule has 1 fully saturated rings. The lowest BCUT2D eigenvalue weighted by atomic mass is 10.0. The monoisotopic (exact) mass is 348 g/mol. The van der Waals surface area contributed by atoms with Gasteiger partial charge in [-0.2, -0.15) is 5.26 Å². The lowest BCUT2D eigenvalue weighted by molar-refractivity contribution is -0.384. The number of carbonyl (C=O) groups excluding carboxylic acids is 1. The number of carbonyl (C=O) groups is 1. The maximum absolute atomic E-state index is 12.2. The molecule has 1 unspecified atom stereocenters. The van der Waals surface area contributed by atoms with E-state index in [1.807, 2.05) is 11.0 Å². The van der Waals surface area contributed by atoms with Crippen molar-refractivity contribution < 1.29 is 9.72 Å². The molecule has 0 spiro atoms. The molecule has 2 rings (SSSR count). The van der Waals surface area contributed by atoms with Crippen LogP contribution in [0.2, 0.25) is 5.02 Å². The second-order valence-electron chi connectivity index (χ2n) is 5.77. The van der Waals surface area contributed by atoms with E-state index < -0.39 is 10.8 Å². The molecular formula is C16H17ClN4O3. The summed E-state index contributed by atoms with van der Waals surface area (Å²) in [5.74, 6) is -0.0933. The molecule has 1 aliphatic rings. The lowest BCUT2D eigenvalue weighted by Crippen LogP contribution is -2.31. The van der Waals surface area contributed by atoms with Crippen molar-refractivity contribution in [2.45, 2.75) is 19.8 Å². The second kappa shape index (κ2) is 7.79. The van der Waals surface area contributed by atoms with Gasteiger partial charge in [0, 0.05) is 31.0 Å². The summed E-state index contributed by atoms with van der Waals surface area (Å²) in [6.45, 7) is 3.72. The summed E-state index contributed by atoms with van der Waals surface area (Å²) in [5, 5.41) is 22.6. The molecule has 1 aromatic carbocycles. The highest BCUT2D eigenvalue weighted by Gasteiger charge is 2.18. The fourth-order valence-corrected chi connectivity index (χ4v) is 2.78. The van der Waals surface area contributed by atoms with Gasteiger partial charge in [-0.25, -0.2) is 0 Å². The summed E-state index contributed by atoms with van der Waals surface area (Å²) in [7, 11) is 0. The Labute approximate surface area is 144 Å². The van der Waals surface area contributed by atoms with Crippen molar-refractivity contribution >= 4 is 28.9 Å². The summed E-state index contributed by atoms with van der Waals surface area (Å²) in [6.07, 6.45) is 3.70. The molecule has 0 aromatic heterocycles. The van der Waals surface area contributed by atoms with Crippen molar-refractivity contribution in [2.24, 2.45) is 5.92 Å². The molecule has 1 heterocycles. The number of likely N-dealkylation sites (tertiary alicyclic amines) is 1. The Balaban J connectivity index is 2.14. The smallest absolute Gasteiger partial charge is 0.289 e. The highest BCUT2D eigenvalue weighted by molar-refractivity contribution is 6.32. The number of nitro benzene ring substituents is 1. The summed E-state index contributed by atoms with van der Waals surface area (Å²) in [5.41, 5.74) is -0.132. The van der Waals surface area contributed by atoms with Crippen LogP contribution in [0.1, 0.15) is 19.8 Å². The van der Waals surface area contributed by atoms with Crippen LogP contribution in [-0.2, 0) is 4.79 Å². The van der Waals surface area contributed by atoms with Crippen LogP contribution >= 0.6 is 11.6 Å². The highest BCUT2D eigenvalue weighted by Crippen LogP contribution is 2.27. The molecule has 0 aliphatic carbocycles. The zero-order valence-corrected chi connectivity index (χ0v) is 13.9. The molecule has 1 atom stereocenters. The topological polar surface area (TPSA) is 99.3 Å². The second-order valence-corrected chi connectivity index (χ2v) is 6.18. The predicted molar refractivity (Wildman–Crippen MR) is 90.4 cm³/mol. The first-order valence-corrected chi connectivity index (χ1v) is 7.89.